The number of hydrogen-bond donors (Lipinski definition) is 0. The topological polar surface area (TPSA) is 8.17 Å². The van der Waals surface area contributed by atoms with Crippen molar-refractivity contribution in [1.82, 2.24) is 4.57 Å². The molecule has 0 unspecified atom stereocenters. The van der Waals surface area contributed by atoms with Crippen molar-refractivity contribution in [3.05, 3.63) is 279 Å². The third kappa shape index (κ3) is 7.31. The Bertz CT molecular complexity index is 4010. The summed E-state index contributed by atoms with van der Waals surface area (Å²) in [4.78, 5) is 2.39. The Morgan fingerprint density at radius 1 is 0.243 bits per heavy atom. The van der Waals surface area contributed by atoms with E-state index in [1.54, 1.807) is 0 Å². The Hall–Kier alpha value is -9.24. The molecule has 13 aromatic rings. The van der Waals surface area contributed by atoms with Crippen molar-refractivity contribution in [2.45, 2.75) is 0 Å². The molecule has 70 heavy (non-hydrogen) atoms. The molecule has 2 nitrogen and oxygen atoms in total. The van der Waals surface area contributed by atoms with E-state index in [-0.39, 0.29) is 0 Å². The van der Waals surface area contributed by atoms with Crippen molar-refractivity contribution < 1.29 is 0 Å². The normalized spacial score (nSPS) is 11.4. The second kappa shape index (κ2) is 17.4. The number of rotatable bonds is 9. The Morgan fingerprint density at radius 3 is 1.43 bits per heavy atom. The highest BCUT2D eigenvalue weighted by Gasteiger charge is 2.20. The first-order valence-corrected chi connectivity index (χ1v) is 24.1. The largest absolute Gasteiger partial charge is 0.310 e. The number of anilines is 3. The molecule has 2 heteroatoms. The fraction of sp³-hybridized carbons (Fsp3) is 0. The molecule has 0 bridgehead atoms. The fourth-order valence-corrected chi connectivity index (χ4v) is 10.6. The molecule has 0 aliphatic heterocycles. The van der Waals surface area contributed by atoms with Gasteiger partial charge >= 0.3 is 0 Å². The summed E-state index contributed by atoms with van der Waals surface area (Å²) < 4.78 is 2.42. The molecule has 0 aliphatic rings. The van der Waals surface area contributed by atoms with E-state index in [0.717, 1.165) is 28.3 Å². The first-order chi connectivity index (χ1) is 34.7. The van der Waals surface area contributed by atoms with Crippen LogP contribution in [0.4, 0.5) is 17.1 Å². The van der Waals surface area contributed by atoms with E-state index in [1.165, 1.54) is 93.4 Å². The first kappa shape index (κ1) is 41.0. The predicted octanol–water partition coefficient (Wildman–Crippen LogP) is 18.9. The molecule has 0 atom stereocenters. The summed E-state index contributed by atoms with van der Waals surface area (Å²) in [6.45, 7) is 0. The molecule has 0 radical (unpaired) electrons. The highest BCUT2D eigenvalue weighted by molar-refractivity contribution is 6.18. The lowest BCUT2D eigenvalue weighted by atomic mass is 9.94. The van der Waals surface area contributed by atoms with E-state index < -0.39 is 0 Å². The summed E-state index contributed by atoms with van der Waals surface area (Å²) in [5.41, 5.74) is 18.7. The van der Waals surface area contributed by atoms with Crippen molar-refractivity contribution in [1.29, 1.82) is 0 Å². The van der Waals surface area contributed by atoms with Crippen LogP contribution in [-0.2, 0) is 0 Å². The number of benzene rings is 12. The molecule has 1 aromatic heterocycles. The van der Waals surface area contributed by atoms with Crippen molar-refractivity contribution >= 4 is 60.4 Å². The van der Waals surface area contributed by atoms with E-state index in [2.05, 4.69) is 289 Å². The summed E-state index contributed by atoms with van der Waals surface area (Å²) in [6, 6.07) is 102. The van der Waals surface area contributed by atoms with Crippen LogP contribution in [0.3, 0.4) is 0 Å². The van der Waals surface area contributed by atoms with Crippen molar-refractivity contribution in [2.75, 3.05) is 4.90 Å². The third-order valence-corrected chi connectivity index (χ3v) is 14.0. The average Bonchev–Trinajstić information content (AvgIpc) is 3.76. The second-order valence-corrected chi connectivity index (χ2v) is 18.1. The molecule has 328 valence electrons. The Balaban J connectivity index is 0.928. The van der Waals surface area contributed by atoms with Gasteiger partial charge in [-0.15, -0.1) is 0 Å². The summed E-state index contributed by atoms with van der Waals surface area (Å²) in [5.74, 6) is 0. The zero-order valence-electron chi connectivity index (χ0n) is 38.5. The van der Waals surface area contributed by atoms with E-state index in [4.69, 9.17) is 0 Å². The van der Waals surface area contributed by atoms with Gasteiger partial charge in [0.25, 0.3) is 0 Å². The molecular weight excluding hydrogens is 845 g/mol. The van der Waals surface area contributed by atoms with Gasteiger partial charge in [0.2, 0.25) is 0 Å². The maximum atomic E-state index is 2.42. The van der Waals surface area contributed by atoms with Crippen molar-refractivity contribution in [3.8, 4) is 61.3 Å². The van der Waals surface area contributed by atoms with Crippen LogP contribution in [0.15, 0.2) is 279 Å². The van der Waals surface area contributed by atoms with Gasteiger partial charge in [0, 0.05) is 33.5 Å². The van der Waals surface area contributed by atoms with Gasteiger partial charge in [0.15, 0.2) is 0 Å². The fourth-order valence-electron chi connectivity index (χ4n) is 10.6. The van der Waals surface area contributed by atoms with Gasteiger partial charge in [-0.1, -0.05) is 212 Å². The van der Waals surface area contributed by atoms with Crippen LogP contribution < -0.4 is 4.90 Å². The predicted molar refractivity (Wildman–Crippen MR) is 298 cm³/mol. The highest BCUT2D eigenvalue weighted by Crippen LogP contribution is 2.44. The van der Waals surface area contributed by atoms with Crippen LogP contribution >= 0.6 is 0 Å². The SMILES string of the molecule is c1ccc(-c2ccccc2-c2ccc(N(c3ccc(-c4ccc(-c5cccc6ccccc56)cc4)cc3)c3cccc(-c4cccc5c4c4cc6ccccc6cc4n5-c4ccccc4)c3)cc2)cc1. The van der Waals surface area contributed by atoms with Crippen LogP contribution in [0.5, 0.6) is 0 Å². The summed E-state index contributed by atoms with van der Waals surface area (Å²) >= 11 is 0. The number of hydrogen-bond acceptors (Lipinski definition) is 1. The van der Waals surface area contributed by atoms with Gasteiger partial charge < -0.3 is 9.47 Å². The van der Waals surface area contributed by atoms with Crippen molar-refractivity contribution in [2.24, 2.45) is 0 Å². The molecule has 0 saturated heterocycles. The van der Waals surface area contributed by atoms with E-state index >= 15 is 0 Å². The standard InChI is InChI=1S/C68H46N2/c1-3-16-49(17-4-1)60-27-11-12-28-62(60)52-38-42-58(43-39-52)69(57-40-36-48(37-41-57)47-32-34-51(35-33-47)63-29-14-21-50-18-9-10-26-61(50)63)59-25-13-22-55(44-59)64-30-15-31-66-68(64)65-45-53-19-7-8-20-54(53)46-67(65)70(66)56-23-5-2-6-24-56/h1-46H. The third-order valence-electron chi connectivity index (χ3n) is 14.0. The van der Waals surface area contributed by atoms with Crippen LogP contribution in [-0.4, -0.2) is 4.57 Å². The quantitative estimate of drug-likeness (QED) is 0.140. The molecule has 0 N–H and O–H groups in total. The minimum atomic E-state index is 1.08. The van der Waals surface area contributed by atoms with Crippen molar-refractivity contribution in [3.63, 3.8) is 0 Å². The average molecular weight is 891 g/mol. The molecule has 0 saturated carbocycles. The summed E-state index contributed by atoms with van der Waals surface area (Å²) in [7, 11) is 0. The Labute approximate surface area is 408 Å². The van der Waals surface area contributed by atoms with Gasteiger partial charge in [-0.3, -0.25) is 0 Å². The highest BCUT2D eigenvalue weighted by atomic mass is 15.1. The first-order valence-electron chi connectivity index (χ1n) is 24.1. The molecule has 0 fully saturated rings. The number of fused-ring (bicyclic) bond motifs is 5. The van der Waals surface area contributed by atoms with E-state index in [0.29, 0.717) is 0 Å². The number of para-hydroxylation sites is 1. The van der Waals surface area contributed by atoms with Gasteiger partial charge in [0.1, 0.15) is 0 Å². The smallest absolute Gasteiger partial charge is 0.0547 e. The lowest BCUT2D eigenvalue weighted by Crippen LogP contribution is -2.10. The lowest BCUT2D eigenvalue weighted by Gasteiger charge is -2.26. The maximum absolute atomic E-state index is 2.42. The monoisotopic (exact) mass is 890 g/mol. The minimum absolute atomic E-state index is 1.08. The molecule has 0 amide bonds. The van der Waals surface area contributed by atoms with Gasteiger partial charge in [0.05, 0.1) is 11.0 Å². The molecular formula is C68H46N2. The lowest BCUT2D eigenvalue weighted by molar-refractivity contribution is 1.18. The number of nitrogens with zero attached hydrogens (tertiary/aromatic N) is 2. The van der Waals surface area contributed by atoms with Crippen LogP contribution in [0.2, 0.25) is 0 Å². The Morgan fingerprint density at radius 2 is 0.714 bits per heavy atom. The maximum Gasteiger partial charge on any atom is 0.0547 e. The molecule has 1 heterocycles. The second-order valence-electron chi connectivity index (χ2n) is 18.1. The van der Waals surface area contributed by atoms with Crippen LogP contribution in [0.25, 0.3) is 105 Å². The zero-order chi connectivity index (χ0) is 46.4. The molecule has 0 spiro atoms. The molecule has 0 aliphatic carbocycles. The molecule has 12 aromatic carbocycles. The minimum Gasteiger partial charge on any atom is -0.310 e. The summed E-state index contributed by atoms with van der Waals surface area (Å²) in [6.07, 6.45) is 0. The van der Waals surface area contributed by atoms with Gasteiger partial charge in [-0.2, -0.15) is 0 Å². The van der Waals surface area contributed by atoms with Gasteiger partial charge in [-0.05, 0) is 144 Å². The molecule has 13 rings (SSSR count). The van der Waals surface area contributed by atoms with Crippen LogP contribution in [0.1, 0.15) is 0 Å². The zero-order valence-corrected chi connectivity index (χ0v) is 38.5. The van der Waals surface area contributed by atoms with Gasteiger partial charge in [-0.25, -0.2) is 0 Å². The number of aromatic nitrogens is 1. The summed E-state index contributed by atoms with van der Waals surface area (Å²) in [5, 5.41) is 7.46. The van der Waals surface area contributed by atoms with E-state index in [1.807, 2.05) is 0 Å². The Kier molecular flexibility index (Phi) is 10.2. The van der Waals surface area contributed by atoms with E-state index in [9.17, 15) is 0 Å². The van der Waals surface area contributed by atoms with Crippen LogP contribution in [0, 0.1) is 0 Å².